The largest absolute Gasteiger partial charge is 0.464 e. The van der Waals surface area contributed by atoms with Crippen LogP contribution in [0.3, 0.4) is 0 Å². The molecule has 0 aliphatic rings. The Bertz CT molecular complexity index is 1140. The maximum atomic E-state index is 13.2. The van der Waals surface area contributed by atoms with Gasteiger partial charge in [0.25, 0.3) is 0 Å². The Morgan fingerprint density at radius 1 is 0.862 bits per heavy atom. The predicted octanol–water partition coefficient (Wildman–Crippen LogP) is 3.77. The van der Waals surface area contributed by atoms with Gasteiger partial charge in [-0.1, -0.05) is 12.1 Å². The van der Waals surface area contributed by atoms with E-state index < -0.39 is 0 Å². The second-order valence-electron chi connectivity index (χ2n) is 6.08. The topological polar surface area (TPSA) is 85.7 Å². The van der Waals surface area contributed by atoms with Gasteiger partial charge in [0.1, 0.15) is 11.6 Å². The van der Waals surface area contributed by atoms with Crippen molar-refractivity contribution in [2.45, 2.75) is 13.5 Å². The van der Waals surface area contributed by atoms with Crippen LogP contribution in [0.25, 0.3) is 22.6 Å². The molecule has 0 amide bonds. The molecule has 0 atom stereocenters. The molecule has 4 rings (SSSR count). The fraction of sp³-hybridized carbons (Fsp3) is 0.150. The van der Waals surface area contributed by atoms with E-state index in [-0.39, 0.29) is 23.3 Å². The Labute approximate surface area is 164 Å². The van der Waals surface area contributed by atoms with Crippen LogP contribution in [0.5, 0.6) is 6.01 Å². The summed E-state index contributed by atoms with van der Waals surface area (Å²) in [5, 5.41) is 11.4. The first-order valence-electron chi connectivity index (χ1n) is 8.92. The smallest absolute Gasteiger partial charge is 0.320 e. The molecule has 0 radical (unpaired) electrons. The number of anilines is 1. The van der Waals surface area contributed by atoms with Crippen LogP contribution in [0.2, 0.25) is 0 Å². The summed E-state index contributed by atoms with van der Waals surface area (Å²) in [5.41, 5.74) is 2.12. The van der Waals surface area contributed by atoms with Gasteiger partial charge in [-0.3, -0.25) is 0 Å². The van der Waals surface area contributed by atoms with Crippen molar-refractivity contribution in [2.75, 3.05) is 11.9 Å². The Hall–Kier alpha value is -3.75. The summed E-state index contributed by atoms with van der Waals surface area (Å²) in [6.45, 7) is 2.59. The van der Waals surface area contributed by atoms with E-state index in [1.807, 2.05) is 6.92 Å². The maximum absolute atomic E-state index is 13.2. The molecular weight excluding hydrogens is 378 g/mol. The highest BCUT2D eigenvalue weighted by molar-refractivity contribution is 5.83. The van der Waals surface area contributed by atoms with Gasteiger partial charge in [-0.15, -0.1) is 10.2 Å². The van der Waals surface area contributed by atoms with Gasteiger partial charge in [-0.25, -0.2) is 13.8 Å². The normalized spacial score (nSPS) is 10.9. The highest BCUT2D eigenvalue weighted by atomic mass is 19.1. The first kappa shape index (κ1) is 18.6. The maximum Gasteiger partial charge on any atom is 0.320 e. The molecule has 0 bridgehead atoms. The molecule has 2 heterocycles. The van der Waals surface area contributed by atoms with E-state index in [4.69, 9.17) is 4.74 Å². The van der Waals surface area contributed by atoms with Crippen molar-refractivity contribution in [3.8, 4) is 17.4 Å². The highest BCUT2D eigenvalue weighted by Gasteiger charge is 2.14. The second-order valence-corrected chi connectivity index (χ2v) is 6.08. The molecule has 0 spiro atoms. The third-order valence-corrected chi connectivity index (χ3v) is 4.05. The predicted molar refractivity (Wildman–Crippen MR) is 103 cm³/mol. The standard InChI is InChI=1S/C20H16F2N6O/c1-2-29-20-25-18(23-11-12-3-7-14(21)8-4-12)16-19(26-20)28-27-17(24-16)13-5-9-15(22)10-6-13/h3-10H,2,11H2,1H3,(H,23,25,26,28). The summed E-state index contributed by atoms with van der Waals surface area (Å²) in [7, 11) is 0. The van der Waals surface area contributed by atoms with Crippen LogP contribution in [0.15, 0.2) is 48.5 Å². The first-order chi connectivity index (χ1) is 14.1. The molecule has 0 aliphatic heterocycles. The minimum atomic E-state index is -0.353. The molecule has 2 aromatic heterocycles. The van der Waals surface area contributed by atoms with E-state index in [1.54, 1.807) is 24.3 Å². The summed E-state index contributed by atoms with van der Waals surface area (Å²) < 4.78 is 31.7. The molecule has 7 nitrogen and oxygen atoms in total. The lowest BCUT2D eigenvalue weighted by molar-refractivity contribution is 0.314. The third-order valence-electron chi connectivity index (χ3n) is 4.05. The molecule has 0 saturated carbocycles. The fourth-order valence-electron chi connectivity index (χ4n) is 2.64. The lowest BCUT2D eigenvalue weighted by atomic mass is 10.2. The Balaban J connectivity index is 1.72. The van der Waals surface area contributed by atoms with Crippen molar-refractivity contribution in [2.24, 2.45) is 0 Å². The minimum absolute atomic E-state index is 0.146. The zero-order valence-corrected chi connectivity index (χ0v) is 15.4. The van der Waals surface area contributed by atoms with Gasteiger partial charge in [0.2, 0.25) is 5.65 Å². The minimum Gasteiger partial charge on any atom is -0.464 e. The van der Waals surface area contributed by atoms with E-state index >= 15 is 0 Å². The summed E-state index contributed by atoms with van der Waals surface area (Å²) in [4.78, 5) is 13.1. The molecular formula is C20H16F2N6O. The highest BCUT2D eigenvalue weighted by Crippen LogP contribution is 2.23. The van der Waals surface area contributed by atoms with Gasteiger partial charge in [0.15, 0.2) is 17.2 Å². The van der Waals surface area contributed by atoms with E-state index in [1.165, 1.54) is 24.3 Å². The Morgan fingerprint density at radius 3 is 2.24 bits per heavy atom. The van der Waals surface area contributed by atoms with Crippen LogP contribution in [0.1, 0.15) is 12.5 Å². The van der Waals surface area contributed by atoms with E-state index in [0.29, 0.717) is 35.9 Å². The van der Waals surface area contributed by atoms with Crippen molar-refractivity contribution in [3.05, 3.63) is 65.7 Å². The Morgan fingerprint density at radius 2 is 1.55 bits per heavy atom. The van der Waals surface area contributed by atoms with Gasteiger partial charge in [0.05, 0.1) is 6.61 Å². The number of nitrogens with one attached hydrogen (secondary N) is 1. The lowest BCUT2D eigenvalue weighted by Gasteiger charge is -2.10. The SMILES string of the molecule is CCOc1nc(NCc2ccc(F)cc2)c2nc(-c3ccc(F)cc3)nnc2n1. The van der Waals surface area contributed by atoms with Crippen molar-refractivity contribution < 1.29 is 13.5 Å². The number of benzene rings is 2. The monoisotopic (exact) mass is 394 g/mol. The van der Waals surface area contributed by atoms with Crippen molar-refractivity contribution in [3.63, 3.8) is 0 Å². The van der Waals surface area contributed by atoms with Crippen LogP contribution in [0.4, 0.5) is 14.6 Å². The molecule has 29 heavy (non-hydrogen) atoms. The molecule has 0 saturated heterocycles. The molecule has 1 N–H and O–H groups in total. The molecule has 146 valence electrons. The number of ether oxygens (including phenoxy) is 1. The van der Waals surface area contributed by atoms with Gasteiger partial charge in [-0.2, -0.15) is 9.97 Å². The number of rotatable bonds is 6. The molecule has 2 aromatic carbocycles. The summed E-state index contributed by atoms with van der Waals surface area (Å²) in [6, 6.07) is 12.1. The van der Waals surface area contributed by atoms with E-state index in [9.17, 15) is 8.78 Å². The molecule has 0 fully saturated rings. The first-order valence-corrected chi connectivity index (χ1v) is 8.92. The lowest BCUT2D eigenvalue weighted by Crippen LogP contribution is -2.08. The van der Waals surface area contributed by atoms with Gasteiger partial charge in [0, 0.05) is 12.1 Å². The summed E-state index contributed by atoms with van der Waals surface area (Å²) in [6.07, 6.45) is 0. The molecule has 0 aliphatic carbocycles. The van der Waals surface area contributed by atoms with E-state index in [2.05, 4.69) is 30.5 Å². The zero-order valence-electron chi connectivity index (χ0n) is 15.4. The molecule has 9 heteroatoms. The zero-order chi connectivity index (χ0) is 20.2. The molecule has 0 unspecified atom stereocenters. The average Bonchev–Trinajstić information content (AvgIpc) is 2.74. The van der Waals surface area contributed by atoms with Crippen LogP contribution < -0.4 is 10.1 Å². The second kappa shape index (κ2) is 8.09. The Kier molecular flexibility index (Phi) is 5.19. The van der Waals surface area contributed by atoms with Gasteiger partial charge >= 0.3 is 6.01 Å². The van der Waals surface area contributed by atoms with Crippen molar-refractivity contribution in [1.29, 1.82) is 0 Å². The number of fused-ring (bicyclic) bond motifs is 1. The number of hydrogen-bond donors (Lipinski definition) is 1. The average molecular weight is 394 g/mol. The van der Waals surface area contributed by atoms with Crippen LogP contribution >= 0.6 is 0 Å². The van der Waals surface area contributed by atoms with Crippen LogP contribution in [-0.4, -0.2) is 31.8 Å². The number of nitrogens with zero attached hydrogens (tertiary/aromatic N) is 5. The fourth-order valence-corrected chi connectivity index (χ4v) is 2.64. The van der Waals surface area contributed by atoms with Gasteiger partial charge in [-0.05, 0) is 48.9 Å². The van der Waals surface area contributed by atoms with Crippen LogP contribution in [-0.2, 0) is 6.54 Å². The van der Waals surface area contributed by atoms with Crippen molar-refractivity contribution in [1.82, 2.24) is 25.1 Å². The third kappa shape index (κ3) is 4.23. The van der Waals surface area contributed by atoms with Crippen LogP contribution in [0, 0.1) is 11.6 Å². The summed E-state index contributed by atoms with van der Waals surface area (Å²) >= 11 is 0. The van der Waals surface area contributed by atoms with E-state index in [0.717, 1.165) is 5.56 Å². The quantitative estimate of drug-likeness (QED) is 0.533. The number of hydrogen-bond acceptors (Lipinski definition) is 7. The van der Waals surface area contributed by atoms with Gasteiger partial charge < -0.3 is 10.1 Å². The molecule has 4 aromatic rings. The number of aromatic nitrogens is 5. The summed E-state index contributed by atoms with van der Waals surface area (Å²) in [5.74, 6) is 0.0609. The number of halogens is 2. The van der Waals surface area contributed by atoms with Crippen molar-refractivity contribution >= 4 is 17.0 Å².